The van der Waals surface area contributed by atoms with E-state index in [1.54, 1.807) is 18.2 Å². The zero-order valence-electron chi connectivity index (χ0n) is 11.8. The lowest BCUT2D eigenvalue weighted by molar-refractivity contribution is 0.103. The van der Waals surface area contributed by atoms with E-state index >= 15 is 0 Å². The second-order valence-electron chi connectivity index (χ2n) is 4.74. The fraction of sp³-hybridized carbons (Fsp3) is 0.235. The number of anilines is 1. The van der Waals surface area contributed by atoms with Crippen molar-refractivity contribution < 1.29 is 9.53 Å². The van der Waals surface area contributed by atoms with E-state index in [2.05, 4.69) is 6.92 Å². The van der Waals surface area contributed by atoms with Crippen molar-refractivity contribution in [3.05, 3.63) is 59.2 Å². The molecule has 3 heteroatoms. The van der Waals surface area contributed by atoms with Gasteiger partial charge in [0.15, 0.2) is 5.78 Å². The summed E-state index contributed by atoms with van der Waals surface area (Å²) in [5.41, 5.74) is 8.72. The first-order valence-corrected chi connectivity index (χ1v) is 6.73. The Morgan fingerprint density at radius 2 is 1.85 bits per heavy atom. The largest absolute Gasteiger partial charge is 0.496 e. The molecule has 0 radical (unpaired) electrons. The molecule has 0 spiro atoms. The predicted octanol–water partition coefficient (Wildman–Crippen LogP) is 3.46. The Balaban J connectivity index is 2.31. The highest BCUT2D eigenvalue weighted by atomic mass is 16.5. The molecule has 0 aliphatic carbocycles. The molecule has 0 saturated carbocycles. The second kappa shape index (κ2) is 6.24. The number of nitrogen functional groups attached to an aromatic ring is 1. The molecular formula is C17H19NO2. The van der Waals surface area contributed by atoms with Gasteiger partial charge in [0, 0.05) is 17.3 Å². The topological polar surface area (TPSA) is 52.3 Å². The smallest absolute Gasteiger partial charge is 0.196 e. The van der Waals surface area contributed by atoms with Crippen molar-refractivity contribution in [1.82, 2.24) is 0 Å². The highest BCUT2D eigenvalue weighted by Gasteiger charge is 2.14. The van der Waals surface area contributed by atoms with Crippen LogP contribution in [0.25, 0.3) is 0 Å². The summed E-state index contributed by atoms with van der Waals surface area (Å²) in [6, 6.07) is 12.8. The number of aryl methyl sites for hydroxylation is 1. The fourth-order valence-corrected chi connectivity index (χ4v) is 2.16. The maximum Gasteiger partial charge on any atom is 0.196 e. The van der Waals surface area contributed by atoms with Crippen LogP contribution in [0.3, 0.4) is 0 Å². The van der Waals surface area contributed by atoms with Gasteiger partial charge in [-0.15, -0.1) is 0 Å². The molecule has 0 unspecified atom stereocenters. The lowest BCUT2D eigenvalue weighted by Gasteiger charge is -2.09. The molecule has 20 heavy (non-hydrogen) atoms. The third-order valence-corrected chi connectivity index (χ3v) is 3.23. The Labute approximate surface area is 119 Å². The molecule has 0 aliphatic heterocycles. The predicted molar refractivity (Wildman–Crippen MR) is 81.3 cm³/mol. The highest BCUT2D eigenvalue weighted by molar-refractivity contribution is 6.10. The third kappa shape index (κ3) is 2.99. The number of benzene rings is 2. The molecule has 0 bridgehead atoms. The number of methoxy groups -OCH3 is 1. The number of carbonyl (C=O) groups excluding carboxylic acids is 1. The fourth-order valence-electron chi connectivity index (χ4n) is 2.16. The molecule has 2 aromatic rings. The Hall–Kier alpha value is -2.29. The van der Waals surface area contributed by atoms with E-state index in [1.165, 1.54) is 12.7 Å². The highest BCUT2D eigenvalue weighted by Crippen LogP contribution is 2.24. The lowest BCUT2D eigenvalue weighted by Crippen LogP contribution is -2.04. The van der Waals surface area contributed by atoms with Crippen LogP contribution in [0, 0.1) is 0 Å². The Morgan fingerprint density at radius 1 is 1.15 bits per heavy atom. The number of nitrogens with two attached hydrogens (primary N) is 1. The van der Waals surface area contributed by atoms with Gasteiger partial charge in [-0.3, -0.25) is 4.79 Å². The molecule has 0 fully saturated rings. The SMILES string of the molecule is CCCc1ccc(C(=O)c2ccc(N)cc2OC)cc1. The van der Waals surface area contributed by atoms with Crippen LogP contribution in [-0.4, -0.2) is 12.9 Å². The zero-order valence-corrected chi connectivity index (χ0v) is 11.8. The molecule has 0 aromatic heterocycles. The summed E-state index contributed by atoms with van der Waals surface area (Å²) in [6.07, 6.45) is 2.12. The van der Waals surface area contributed by atoms with Crippen molar-refractivity contribution in [2.75, 3.05) is 12.8 Å². The van der Waals surface area contributed by atoms with Crippen LogP contribution in [0.4, 0.5) is 5.69 Å². The van der Waals surface area contributed by atoms with Gasteiger partial charge in [-0.2, -0.15) is 0 Å². The van der Waals surface area contributed by atoms with Gasteiger partial charge in [0.05, 0.1) is 12.7 Å². The van der Waals surface area contributed by atoms with E-state index in [0.717, 1.165) is 12.8 Å². The minimum atomic E-state index is -0.0510. The number of ether oxygens (including phenoxy) is 1. The Morgan fingerprint density at radius 3 is 2.45 bits per heavy atom. The van der Waals surface area contributed by atoms with Crippen molar-refractivity contribution in [3.8, 4) is 5.75 Å². The average molecular weight is 269 g/mol. The summed E-state index contributed by atoms with van der Waals surface area (Å²) in [5.74, 6) is 0.456. The third-order valence-electron chi connectivity index (χ3n) is 3.23. The van der Waals surface area contributed by atoms with Gasteiger partial charge in [0.1, 0.15) is 5.75 Å². The molecule has 0 saturated heterocycles. The number of hydrogen-bond donors (Lipinski definition) is 1. The van der Waals surface area contributed by atoms with E-state index in [1.807, 2.05) is 24.3 Å². The summed E-state index contributed by atoms with van der Waals surface area (Å²) < 4.78 is 5.23. The molecule has 2 N–H and O–H groups in total. The van der Waals surface area contributed by atoms with Crippen LogP contribution in [0.15, 0.2) is 42.5 Å². The van der Waals surface area contributed by atoms with Crippen molar-refractivity contribution >= 4 is 11.5 Å². The maximum atomic E-state index is 12.5. The van der Waals surface area contributed by atoms with Gasteiger partial charge < -0.3 is 10.5 Å². The zero-order chi connectivity index (χ0) is 14.5. The van der Waals surface area contributed by atoms with Crippen LogP contribution in [0.5, 0.6) is 5.75 Å². The number of ketones is 1. The van der Waals surface area contributed by atoms with Crippen LogP contribution in [0.1, 0.15) is 34.8 Å². The number of rotatable bonds is 5. The van der Waals surface area contributed by atoms with E-state index in [0.29, 0.717) is 22.6 Å². The summed E-state index contributed by atoms with van der Waals surface area (Å²) in [6.45, 7) is 2.14. The molecule has 2 aromatic carbocycles. The van der Waals surface area contributed by atoms with E-state index < -0.39 is 0 Å². The molecule has 0 amide bonds. The van der Waals surface area contributed by atoms with Gasteiger partial charge in [-0.25, -0.2) is 0 Å². The number of carbonyl (C=O) groups is 1. The van der Waals surface area contributed by atoms with Crippen LogP contribution in [-0.2, 0) is 6.42 Å². The summed E-state index contributed by atoms with van der Waals surface area (Å²) in [5, 5.41) is 0. The molecule has 0 atom stereocenters. The summed E-state index contributed by atoms with van der Waals surface area (Å²) >= 11 is 0. The average Bonchev–Trinajstić information content (AvgIpc) is 2.47. The van der Waals surface area contributed by atoms with E-state index in [9.17, 15) is 4.79 Å². The van der Waals surface area contributed by atoms with E-state index in [4.69, 9.17) is 10.5 Å². The monoisotopic (exact) mass is 269 g/mol. The number of hydrogen-bond acceptors (Lipinski definition) is 3. The molecule has 2 rings (SSSR count). The van der Waals surface area contributed by atoms with Crippen molar-refractivity contribution in [1.29, 1.82) is 0 Å². The minimum Gasteiger partial charge on any atom is -0.496 e. The van der Waals surface area contributed by atoms with E-state index in [-0.39, 0.29) is 5.78 Å². The summed E-state index contributed by atoms with van der Waals surface area (Å²) in [7, 11) is 1.54. The molecular weight excluding hydrogens is 250 g/mol. The van der Waals surface area contributed by atoms with Gasteiger partial charge in [-0.1, -0.05) is 37.6 Å². The quantitative estimate of drug-likeness (QED) is 0.668. The van der Waals surface area contributed by atoms with Gasteiger partial charge in [0.2, 0.25) is 0 Å². The normalized spacial score (nSPS) is 10.3. The lowest BCUT2D eigenvalue weighted by atomic mass is 10.00. The Bertz CT molecular complexity index is 603. The van der Waals surface area contributed by atoms with Crippen molar-refractivity contribution in [2.24, 2.45) is 0 Å². The van der Waals surface area contributed by atoms with Gasteiger partial charge in [-0.05, 0) is 24.1 Å². The standard InChI is InChI=1S/C17H19NO2/c1-3-4-12-5-7-13(8-6-12)17(19)15-10-9-14(18)11-16(15)20-2/h5-11H,3-4,18H2,1-2H3. The molecule has 0 aliphatic rings. The first kappa shape index (κ1) is 14.1. The minimum absolute atomic E-state index is 0.0510. The first-order chi connectivity index (χ1) is 9.65. The van der Waals surface area contributed by atoms with Gasteiger partial charge in [0.25, 0.3) is 0 Å². The van der Waals surface area contributed by atoms with Crippen LogP contribution >= 0.6 is 0 Å². The maximum absolute atomic E-state index is 12.5. The Kier molecular flexibility index (Phi) is 4.41. The first-order valence-electron chi connectivity index (χ1n) is 6.73. The summed E-state index contributed by atoms with van der Waals surface area (Å²) in [4.78, 5) is 12.5. The van der Waals surface area contributed by atoms with Gasteiger partial charge >= 0.3 is 0 Å². The van der Waals surface area contributed by atoms with Crippen LogP contribution in [0.2, 0.25) is 0 Å². The molecule has 0 heterocycles. The van der Waals surface area contributed by atoms with Crippen LogP contribution < -0.4 is 10.5 Å². The molecule has 3 nitrogen and oxygen atoms in total. The van der Waals surface area contributed by atoms with Crippen molar-refractivity contribution in [3.63, 3.8) is 0 Å². The van der Waals surface area contributed by atoms with Crippen molar-refractivity contribution in [2.45, 2.75) is 19.8 Å². The second-order valence-corrected chi connectivity index (χ2v) is 4.74. The molecule has 104 valence electrons.